The van der Waals surface area contributed by atoms with Gasteiger partial charge in [-0.3, -0.25) is 9.78 Å². The second-order valence-corrected chi connectivity index (χ2v) is 5.00. The Morgan fingerprint density at radius 2 is 1.70 bits per heavy atom. The molecule has 0 radical (unpaired) electrons. The topological polar surface area (TPSA) is 30.0 Å². The highest BCUT2D eigenvalue weighted by Crippen LogP contribution is 2.18. The Balaban J connectivity index is 0.000000167. The number of benzene rings is 2. The molecule has 0 aliphatic rings. The number of pyridine rings is 1. The summed E-state index contributed by atoms with van der Waals surface area (Å²) in [5.74, 6) is -2.05. The first-order valence-corrected chi connectivity index (χ1v) is 6.83. The first-order chi connectivity index (χ1) is 10.9. The average molecular weight is 317 g/mol. The van der Waals surface area contributed by atoms with Crippen molar-refractivity contribution < 1.29 is 18.0 Å². The lowest BCUT2D eigenvalue weighted by Crippen LogP contribution is -1.97. The number of hydrogen-bond donors (Lipinski definition) is 0. The Hall–Kier alpha value is -2.69. The van der Waals surface area contributed by atoms with Crippen LogP contribution in [0.2, 0.25) is 0 Å². The van der Waals surface area contributed by atoms with Crippen molar-refractivity contribution in [3.05, 3.63) is 76.9 Å². The highest BCUT2D eigenvalue weighted by molar-refractivity contribution is 5.81. The number of carbonyl (C=O) groups is 1. The molecule has 0 unspecified atom stereocenters. The minimum absolute atomic E-state index is 0.192. The summed E-state index contributed by atoms with van der Waals surface area (Å²) in [6.07, 6.45) is 3.89. The van der Waals surface area contributed by atoms with Crippen LogP contribution in [0.4, 0.5) is 13.2 Å². The van der Waals surface area contributed by atoms with E-state index in [2.05, 4.69) is 4.98 Å². The minimum Gasteiger partial charge on any atom is -0.298 e. The Morgan fingerprint density at radius 3 is 2.39 bits per heavy atom. The maximum absolute atomic E-state index is 12.8. The van der Waals surface area contributed by atoms with Gasteiger partial charge in [-0.2, -0.15) is 0 Å². The van der Waals surface area contributed by atoms with Crippen molar-refractivity contribution in [2.45, 2.75) is 13.8 Å². The normalized spacial score (nSPS) is 10.1. The maximum Gasteiger partial charge on any atom is 0.162 e. The fourth-order valence-corrected chi connectivity index (χ4v) is 2.04. The standard InChI is InChI=1S/C9H8F2O.C9H6FN/c1-5-6(2)9(11)8(10)3-7(5)4-12;10-9-2-1-8-6-11-4-3-7(8)5-9/h3-4H,1-2H3;1-6H. The molecule has 118 valence electrons. The van der Waals surface area contributed by atoms with E-state index in [1.165, 1.54) is 19.1 Å². The second-order valence-electron chi connectivity index (χ2n) is 5.00. The molecule has 0 N–H and O–H groups in total. The molecule has 0 bridgehead atoms. The molecule has 23 heavy (non-hydrogen) atoms. The van der Waals surface area contributed by atoms with Gasteiger partial charge in [0.2, 0.25) is 0 Å². The molecule has 1 heterocycles. The number of aldehydes is 1. The van der Waals surface area contributed by atoms with Crippen molar-refractivity contribution in [2.75, 3.05) is 0 Å². The van der Waals surface area contributed by atoms with Gasteiger partial charge in [0.15, 0.2) is 11.6 Å². The van der Waals surface area contributed by atoms with Crippen LogP contribution in [-0.4, -0.2) is 11.3 Å². The van der Waals surface area contributed by atoms with Crippen LogP contribution < -0.4 is 0 Å². The smallest absolute Gasteiger partial charge is 0.162 e. The summed E-state index contributed by atoms with van der Waals surface area (Å²) in [4.78, 5) is 14.3. The zero-order valence-corrected chi connectivity index (χ0v) is 12.6. The molecule has 2 nitrogen and oxygen atoms in total. The largest absolute Gasteiger partial charge is 0.298 e. The van der Waals surface area contributed by atoms with Crippen LogP contribution in [0.3, 0.4) is 0 Å². The van der Waals surface area contributed by atoms with Crippen molar-refractivity contribution in [2.24, 2.45) is 0 Å². The van der Waals surface area contributed by atoms with Gasteiger partial charge in [0.05, 0.1) is 0 Å². The number of rotatable bonds is 1. The summed E-state index contributed by atoms with van der Waals surface area (Å²) in [6.45, 7) is 3.03. The Morgan fingerprint density at radius 1 is 0.957 bits per heavy atom. The lowest BCUT2D eigenvalue weighted by molar-refractivity contribution is 0.112. The molecular formula is C18H14F3NO. The molecule has 0 aliphatic carbocycles. The molecule has 5 heteroatoms. The van der Waals surface area contributed by atoms with Crippen LogP contribution in [0.1, 0.15) is 21.5 Å². The predicted octanol–water partition coefficient (Wildman–Crippen LogP) is 4.77. The third-order valence-electron chi connectivity index (χ3n) is 3.55. The fourth-order valence-electron chi connectivity index (χ4n) is 2.04. The van der Waals surface area contributed by atoms with Crippen LogP contribution in [0, 0.1) is 31.3 Å². The molecule has 0 aliphatic heterocycles. The van der Waals surface area contributed by atoms with E-state index >= 15 is 0 Å². The molecule has 0 atom stereocenters. The molecular weight excluding hydrogens is 303 g/mol. The molecule has 1 aromatic heterocycles. The summed E-state index contributed by atoms with van der Waals surface area (Å²) < 4.78 is 38.1. The Bertz CT molecular complexity index is 862. The third-order valence-corrected chi connectivity index (χ3v) is 3.55. The van der Waals surface area contributed by atoms with Gasteiger partial charge in [0.25, 0.3) is 0 Å². The Labute approximate surface area is 131 Å². The molecule has 0 fully saturated rings. The van der Waals surface area contributed by atoms with E-state index in [1.54, 1.807) is 31.5 Å². The monoisotopic (exact) mass is 317 g/mol. The van der Waals surface area contributed by atoms with E-state index in [0.29, 0.717) is 11.8 Å². The SMILES string of the molecule is Cc1c(C=O)cc(F)c(F)c1C.Fc1ccc2cnccc2c1. The van der Waals surface area contributed by atoms with Crippen LogP contribution in [0.15, 0.2) is 42.7 Å². The highest BCUT2D eigenvalue weighted by Gasteiger charge is 2.11. The molecule has 0 saturated carbocycles. The Kier molecular flexibility index (Phi) is 5.11. The van der Waals surface area contributed by atoms with Gasteiger partial charge in [0.1, 0.15) is 12.1 Å². The number of hydrogen-bond acceptors (Lipinski definition) is 2. The van der Waals surface area contributed by atoms with E-state index in [4.69, 9.17) is 0 Å². The molecule has 3 rings (SSSR count). The predicted molar refractivity (Wildman–Crippen MR) is 82.9 cm³/mol. The molecule has 0 saturated heterocycles. The molecule has 0 amide bonds. The average Bonchev–Trinajstić information content (AvgIpc) is 2.56. The first kappa shape index (κ1) is 16.7. The van der Waals surface area contributed by atoms with Crippen LogP contribution in [0.5, 0.6) is 0 Å². The van der Waals surface area contributed by atoms with E-state index in [0.717, 1.165) is 16.8 Å². The highest BCUT2D eigenvalue weighted by atomic mass is 19.2. The number of halogens is 3. The van der Waals surface area contributed by atoms with Crippen LogP contribution >= 0.6 is 0 Å². The lowest BCUT2D eigenvalue weighted by Gasteiger charge is -2.04. The van der Waals surface area contributed by atoms with Crippen molar-refractivity contribution in [3.8, 4) is 0 Å². The quantitative estimate of drug-likeness (QED) is 0.605. The summed E-state index contributed by atoms with van der Waals surface area (Å²) in [7, 11) is 0. The van der Waals surface area contributed by atoms with Crippen molar-refractivity contribution in [1.29, 1.82) is 0 Å². The third kappa shape index (κ3) is 3.74. The summed E-state index contributed by atoms with van der Waals surface area (Å²) >= 11 is 0. The number of fused-ring (bicyclic) bond motifs is 1. The number of aromatic nitrogens is 1. The number of carbonyl (C=O) groups excluding carboxylic acids is 1. The van der Waals surface area contributed by atoms with Gasteiger partial charge in [0, 0.05) is 23.3 Å². The number of nitrogens with zero attached hydrogens (tertiary/aromatic N) is 1. The van der Waals surface area contributed by atoms with Gasteiger partial charge in [-0.15, -0.1) is 0 Å². The van der Waals surface area contributed by atoms with Crippen molar-refractivity contribution in [1.82, 2.24) is 4.98 Å². The van der Waals surface area contributed by atoms with E-state index in [-0.39, 0.29) is 16.9 Å². The summed E-state index contributed by atoms with van der Waals surface area (Å²) in [5.41, 5.74) is 0.882. The van der Waals surface area contributed by atoms with Crippen LogP contribution in [0.25, 0.3) is 10.8 Å². The van der Waals surface area contributed by atoms with Gasteiger partial charge >= 0.3 is 0 Å². The van der Waals surface area contributed by atoms with Gasteiger partial charge in [-0.1, -0.05) is 0 Å². The van der Waals surface area contributed by atoms with Gasteiger partial charge in [-0.25, -0.2) is 13.2 Å². The molecule has 3 aromatic rings. The lowest BCUT2D eigenvalue weighted by atomic mass is 10.0. The molecule has 0 spiro atoms. The van der Waals surface area contributed by atoms with Crippen molar-refractivity contribution in [3.63, 3.8) is 0 Å². The van der Waals surface area contributed by atoms with E-state index in [9.17, 15) is 18.0 Å². The zero-order chi connectivity index (χ0) is 17.0. The molecule has 2 aromatic carbocycles. The maximum atomic E-state index is 12.8. The fraction of sp³-hybridized carbons (Fsp3) is 0.111. The van der Waals surface area contributed by atoms with Crippen LogP contribution in [-0.2, 0) is 0 Å². The second kappa shape index (κ2) is 7.05. The van der Waals surface area contributed by atoms with Crippen molar-refractivity contribution >= 4 is 17.1 Å². The summed E-state index contributed by atoms with van der Waals surface area (Å²) in [6, 6.07) is 7.35. The van der Waals surface area contributed by atoms with Gasteiger partial charge < -0.3 is 0 Å². The summed E-state index contributed by atoms with van der Waals surface area (Å²) in [5, 5.41) is 1.86. The zero-order valence-electron chi connectivity index (χ0n) is 12.6. The van der Waals surface area contributed by atoms with E-state index in [1.807, 2.05) is 0 Å². The van der Waals surface area contributed by atoms with E-state index < -0.39 is 11.6 Å². The first-order valence-electron chi connectivity index (χ1n) is 6.83. The van der Waals surface area contributed by atoms with Gasteiger partial charge in [-0.05, 0) is 60.7 Å². The minimum atomic E-state index is -0.972.